The van der Waals surface area contributed by atoms with Crippen LogP contribution in [0.4, 0.5) is 5.69 Å². The molecule has 1 N–H and O–H groups in total. The van der Waals surface area contributed by atoms with E-state index < -0.39 is 33.4 Å². The largest absolute Gasteiger partial charge is 0.491 e. The molecular weight excluding hydrogens is 474 g/mol. The third-order valence-corrected chi connectivity index (χ3v) is 6.20. The highest BCUT2D eigenvalue weighted by Gasteiger charge is 2.44. The van der Waals surface area contributed by atoms with Crippen LogP contribution in [0.1, 0.15) is 59.6 Å². The van der Waals surface area contributed by atoms with Gasteiger partial charge in [0.25, 0.3) is 17.7 Å². The number of nitrogens with one attached hydrogen (secondary N) is 1. The molecule has 0 saturated heterocycles. The Hall–Kier alpha value is -3.47. The van der Waals surface area contributed by atoms with Gasteiger partial charge < -0.3 is 14.8 Å². The molecule has 1 aliphatic rings. The first kappa shape index (κ1) is 26.1. The fourth-order valence-corrected chi connectivity index (χ4v) is 4.76. The van der Waals surface area contributed by atoms with E-state index in [0.29, 0.717) is 5.75 Å². The van der Waals surface area contributed by atoms with Gasteiger partial charge in [0.2, 0.25) is 5.91 Å². The molecular formula is C24H29N3O7S. The molecule has 0 aliphatic carbocycles. The molecule has 10 nitrogen and oxygen atoms in total. The maximum absolute atomic E-state index is 13.5. The topological polar surface area (TPSA) is 132 Å². The van der Waals surface area contributed by atoms with Crippen molar-refractivity contribution in [2.75, 3.05) is 31.0 Å². The fourth-order valence-electron chi connectivity index (χ4n) is 3.86. The molecule has 0 radical (unpaired) electrons. The molecule has 35 heavy (non-hydrogen) atoms. The number of ether oxygens (including phenoxy) is 2. The lowest BCUT2D eigenvalue weighted by Gasteiger charge is -2.26. The number of imide groups is 1. The molecule has 1 aliphatic heterocycles. The van der Waals surface area contributed by atoms with E-state index in [2.05, 4.69) is 10.3 Å². The summed E-state index contributed by atoms with van der Waals surface area (Å²) in [5, 5.41) is 2.70. The number of fused-ring (bicyclic) bond motifs is 1. The third-order valence-electron chi connectivity index (χ3n) is 5.28. The SMILES string of the molecule is CCOc1nc(C(CS(C)(=O)=O)N2C(=O)c3cccc(NC(=O)CC(C)C)c3C2=O)ccc1OC. The fraction of sp³-hybridized carbons (Fsp3) is 0.417. The minimum absolute atomic E-state index is 0.0200. The lowest BCUT2D eigenvalue weighted by molar-refractivity contribution is -0.116. The second kappa shape index (κ2) is 10.4. The number of hydrogen-bond donors (Lipinski definition) is 1. The summed E-state index contributed by atoms with van der Waals surface area (Å²) in [6.07, 6.45) is 1.25. The summed E-state index contributed by atoms with van der Waals surface area (Å²) >= 11 is 0. The zero-order valence-electron chi connectivity index (χ0n) is 20.3. The van der Waals surface area contributed by atoms with Gasteiger partial charge in [0.05, 0.1) is 48.0 Å². The average Bonchev–Trinajstić information content (AvgIpc) is 3.02. The van der Waals surface area contributed by atoms with Gasteiger partial charge in [0.15, 0.2) is 5.75 Å². The molecule has 0 fully saturated rings. The summed E-state index contributed by atoms with van der Waals surface area (Å²) in [7, 11) is -2.22. The predicted octanol–water partition coefficient (Wildman–Crippen LogP) is 2.86. The van der Waals surface area contributed by atoms with E-state index in [9.17, 15) is 22.8 Å². The number of sulfone groups is 1. The molecule has 188 valence electrons. The molecule has 0 spiro atoms. The predicted molar refractivity (Wildman–Crippen MR) is 129 cm³/mol. The average molecular weight is 504 g/mol. The van der Waals surface area contributed by atoms with Gasteiger partial charge in [-0.3, -0.25) is 19.3 Å². The van der Waals surface area contributed by atoms with Crippen LogP contribution >= 0.6 is 0 Å². The summed E-state index contributed by atoms with van der Waals surface area (Å²) < 4.78 is 35.4. The van der Waals surface area contributed by atoms with Crippen molar-refractivity contribution < 1.29 is 32.3 Å². The maximum atomic E-state index is 13.5. The van der Waals surface area contributed by atoms with Crippen molar-refractivity contribution in [3.8, 4) is 11.6 Å². The van der Waals surface area contributed by atoms with Crippen molar-refractivity contribution in [2.24, 2.45) is 5.92 Å². The Balaban J connectivity index is 2.07. The second-order valence-electron chi connectivity index (χ2n) is 8.64. The van der Waals surface area contributed by atoms with Crippen molar-refractivity contribution >= 4 is 33.2 Å². The standard InChI is InChI=1S/C24H29N3O7S/c1-6-34-22-19(33-4)11-10-16(26-22)18(13-35(5,31)32)27-23(29)15-8-7-9-17(21(15)24(27)30)25-20(28)12-14(2)3/h7-11,14,18H,6,12-13H2,1-5H3,(H,25,28). The van der Waals surface area contributed by atoms with Crippen molar-refractivity contribution in [3.05, 3.63) is 47.2 Å². The first-order valence-corrected chi connectivity index (χ1v) is 13.2. The maximum Gasteiger partial charge on any atom is 0.264 e. The monoisotopic (exact) mass is 503 g/mol. The minimum atomic E-state index is -3.65. The highest BCUT2D eigenvalue weighted by Crippen LogP contribution is 2.37. The van der Waals surface area contributed by atoms with Crippen LogP contribution in [0.15, 0.2) is 30.3 Å². The zero-order chi connectivity index (χ0) is 25.9. The van der Waals surface area contributed by atoms with Crippen LogP contribution in [0.3, 0.4) is 0 Å². The number of nitrogens with zero attached hydrogens (tertiary/aromatic N) is 2. The van der Waals surface area contributed by atoms with Crippen molar-refractivity contribution in [1.82, 2.24) is 9.88 Å². The molecule has 3 rings (SSSR count). The number of benzene rings is 1. The van der Waals surface area contributed by atoms with Crippen LogP contribution < -0.4 is 14.8 Å². The van der Waals surface area contributed by atoms with Gasteiger partial charge in [-0.2, -0.15) is 0 Å². The summed E-state index contributed by atoms with van der Waals surface area (Å²) in [4.78, 5) is 44.5. The molecule has 2 heterocycles. The quantitative estimate of drug-likeness (QED) is 0.490. The van der Waals surface area contributed by atoms with Crippen LogP contribution in [0.25, 0.3) is 0 Å². The molecule has 2 aromatic rings. The zero-order valence-corrected chi connectivity index (χ0v) is 21.1. The van der Waals surface area contributed by atoms with E-state index in [1.165, 1.54) is 25.3 Å². The number of methoxy groups -OCH3 is 1. The molecule has 1 aromatic heterocycles. The number of carbonyl (C=O) groups excluding carboxylic acids is 3. The van der Waals surface area contributed by atoms with E-state index >= 15 is 0 Å². The van der Waals surface area contributed by atoms with Crippen LogP contribution in [0.5, 0.6) is 11.6 Å². The summed E-state index contributed by atoms with van der Waals surface area (Å²) in [5.74, 6) is -1.68. The van der Waals surface area contributed by atoms with E-state index in [1.54, 1.807) is 19.1 Å². The summed E-state index contributed by atoms with van der Waals surface area (Å²) in [6, 6.07) is 6.38. The highest BCUT2D eigenvalue weighted by atomic mass is 32.2. The first-order valence-electron chi connectivity index (χ1n) is 11.1. The van der Waals surface area contributed by atoms with Crippen LogP contribution in [-0.4, -0.2) is 61.7 Å². The van der Waals surface area contributed by atoms with Crippen LogP contribution in [-0.2, 0) is 14.6 Å². The van der Waals surface area contributed by atoms with E-state index in [0.717, 1.165) is 11.2 Å². The number of carbonyl (C=O) groups is 3. The Bertz CT molecular complexity index is 1260. The Labute approximate surface area is 204 Å². The number of aromatic nitrogens is 1. The molecule has 1 atom stereocenters. The third kappa shape index (κ3) is 5.79. The first-order chi connectivity index (χ1) is 16.5. The molecule has 1 unspecified atom stereocenters. The van der Waals surface area contributed by atoms with Crippen LogP contribution in [0.2, 0.25) is 0 Å². The summed E-state index contributed by atoms with van der Waals surface area (Å²) in [6.45, 7) is 5.80. The Morgan fingerprint density at radius 3 is 2.46 bits per heavy atom. The van der Waals surface area contributed by atoms with Gasteiger partial charge in [-0.1, -0.05) is 19.9 Å². The molecule has 0 bridgehead atoms. The normalized spacial score (nSPS) is 14.2. The molecule has 1 aromatic carbocycles. The van der Waals surface area contributed by atoms with Gasteiger partial charge >= 0.3 is 0 Å². The van der Waals surface area contributed by atoms with Gasteiger partial charge in [-0.25, -0.2) is 13.4 Å². The Morgan fingerprint density at radius 2 is 1.86 bits per heavy atom. The molecule has 0 saturated carbocycles. The van der Waals surface area contributed by atoms with Crippen molar-refractivity contribution in [2.45, 2.75) is 33.2 Å². The van der Waals surface area contributed by atoms with Gasteiger partial charge in [-0.15, -0.1) is 0 Å². The van der Waals surface area contributed by atoms with E-state index in [-0.39, 0.29) is 53.2 Å². The number of pyridine rings is 1. The van der Waals surface area contributed by atoms with Crippen molar-refractivity contribution in [3.63, 3.8) is 0 Å². The van der Waals surface area contributed by atoms with Gasteiger partial charge in [0, 0.05) is 12.7 Å². The Kier molecular flexibility index (Phi) is 7.79. The smallest absolute Gasteiger partial charge is 0.264 e. The van der Waals surface area contributed by atoms with Crippen LogP contribution in [0, 0.1) is 5.92 Å². The molecule has 11 heteroatoms. The second-order valence-corrected chi connectivity index (χ2v) is 10.8. The van der Waals surface area contributed by atoms with E-state index in [4.69, 9.17) is 9.47 Å². The number of rotatable bonds is 10. The number of hydrogen-bond acceptors (Lipinski definition) is 8. The van der Waals surface area contributed by atoms with Crippen molar-refractivity contribution in [1.29, 1.82) is 0 Å². The Morgan fingerprint density at radius 1 is 1.14 bits per heavy atom. The molecule has 3 amide bonds. The van der Waals surface area contributed by atoms with E-state index in [1.807, 2.05) is 13.8 Å². The summed E-state index contributed by atoms with van der Waals surface area (Å²) in [5.41, 5.74) is 0.449. The lowest BCUT2D eigenvalue weighted by Crippen LogP contribution is -2.38. The van der Waals surface area contributed by atoms with Gasteiger partial charge in [0.1, 0.15) is 9.84 Å². The lowest BCUT2D eigenvalue weighted by atomic mass is 10.1. The number of anilines is 1. The number of amides is 3. The minimum Gasteiger partial charge on any atom is -0.491 e. The van der Waals surface area contributed by atoms with Gasteiger partial charge in [-0.05, 0) is 37.1 Å². The highest BCUT2D eigenvalue weighted by molar-refractivity contribution is 7.90.